The topological polar surface area (TPSA) is 70.9 Å². The Morgan fingerprint density at radius 1 is 1.06 bits per heavy atom. The molecular formula is C27H41N5O3. The molecule has 1 aromatic carbocycles. The van der Waals surface area contributed by atoms with Crippen LogP contribution in [0.4, 0.5) is 5.82 Å². The first-order valence-electron chi connectivity index (χ1n) is 12.9. The summed E-state index contributed by atoms with van der Waals surface area (Å²) in [5.41, 5.74) is 3.01. The van der Waals surface area contributed by atoms with Crippen LogP contribution in [0.1, 0.15) is 51.8 Å². The molecule has 2 heterocycles. The first kappa shape index (κ1) is 26.7. The van der Waals surface area contributed by atoms with E-state index in [0.717, 1.165) is 55.5 Å². The van der Waals surface area contributed by atoms with Crippen LogP contribution in [0.5, 0.6) is 0 Å². The highest BCUT2D eigenvalue weighted by Crippen LogP contribution is 2.30. The largest absolute Gasteiger partial charge is 0.466 e. The van der Waals surface area contributed by atoms with Crippen LogP contribution in [0.25, 0.3) is 5.69 Å². The molecule has 2 aromatic rings. The van der Waals surface area contributed by atoms with Crippen LogP contribution < -0.4 is 4.90 Å². The second-order valence-corrected chi connectivity index (χ2v) is 9.53. The number of carbonyl (C=O) groups excluding carboxylic acids is 2. The van der Waals surface area contributed by atoms with E-state index in [1.54, 1.807) is 6.92 Å². The lowest BCUT2D eigenvalue weighted by Gasteiger charge is -2.36. The van der Waals surface area contributed by atoms with Crippen molar-refractivity contribution in [3.63, 3.8) is 0 Å². The number of likely N-dealkylation sites (N-methyl/N-ethyl adjacent to an activating group) is 1. The number of amides is 1. The molecule has 192 valence electrons. The molecule has 0 aliphatic carbocycles. The van der Waals surface area contributed by atoms with E-state index in [0.29, 0.717) is 25.6 Å². The van der Waals surface area contributed by atoms with E-state index in [2.05, 4.69) is 42.7 Å². The zero-order chi connectivity index (χ0) is 25.4. The van der Waals surface area contributed by atoms with E-state index in [4.69, 9.17) is 9.84 Å². The number of ether oxygens (including phenoxy) is 1. The van der Waals surface area contributed by atoms with Gasteiger partial charge < -0.3 is 19.4 Å². The van der Waals surface area contributed by atoms with E-state index < -0.39 is 0 Å². The van der Waals surface area contributed by atoms with Gasteiger partial charge in [-0.2, -0.15) is 5.10 Å². The van der Waals surface area contributed by atoms with E-state index in [1.165, 1.54) is 0 Å². The Hall–Kier alpha value is -2.87. The normalized spacial score (nSPS) is 14.4. The SMILES string of the molecule is CCOC(=O)CCC(=O)N(Cc1c(C)nn(-c2ccccc2)c1N1CCN(CC)CC1)CC(C)C. The predicted molar refractivity (Wildman–Crippen MR) is 139 cm³/mol. The molecule has 0 saturated carbocycles. The van der Waals surface area contributed by atoms with Gasteiger partial charge in [-0.15, -0.1) is 0 Å². The highest BCUT2D eigenvalue weighted by atomic mass is 16.5. The Morgan fingerprint density at radius 3 is 2.34 bits per heavy atom. The second-order valence-electron chi connectivity index (χ2n) is 9.53. The summed E-state index contributed by atoms with van der Waals surface area (Å²) < 4.78 is 7.06. The maximum atomic E-state index is 13.2. The Balaban J connectivity index is 1.92. The molecule has 1 aromatic heterocycles. The molecule has 0 bridgehead atoms. The first-order chi connectivity index (χ1) is 16.8. The van der Waals surface area contributed by atoms with Crippen molar-refractivity contribution in [2.75, 3.05) is 50.8 Å². The number of benzene rings is 1. The minimum Gasteiger partial charge on any atom is -0.466 e. The van der Waals surface area contributed by atoms with E-state index in [-0.39, 0.29) is 24.7 Å². The number of aromatic nitrogens is 2. The average Bonchev–Trinajstić information content (AvgIpc) is 3.18. The summed E-state index contributed by atoms with van der Waals surface area (Å²) in [4.78, 5) is 31.8. The predicted octanol–water partition coefficient (Wildman–Crippen LogP) is 3.65. The summed E-state index contributed by atoms with van der Waals surface area (Å²) in [6.07, 6.45) is 0.261. The molecule has 0 atom stereocenters. The van der Waals surface area contributed by atoms with Gasteiger partial charge in [0.05, 0.1) is 31.0 Å². The molecule has 0 spiro atoms. The fourth-order valence-corrected chi connectivity index (χ4v) is 4.57. The van der Waals surface area contributed by atoms with Gasteiger partial charge in [-0.05, 0) is 38.4 Å². The molecule has 3 rings (SSSR count). The average molecular weight is 484 g/mol. The van der Waals surface area contributed by atoms with E-state index in [9.17, 15) is 9.59 Å². The lowest BCUT2D eigenvalue weighted by molar-refractivity contribution is -0.145. The molecule has 1 fully saturated rings. The van der Waals surface area contributed by atoms with Crippen LogP contribution in [0, 0.1) is 12.8 Å². The highest BCUT2D eigenvalue weighted by molar-refractivity contribution is 5.81. The maximum Gasteiger partial charge on any atom is 0.306 e. The van der Waals surface area contributed by atoms with E-state index in [1.807, 2.05) is 34.7 Å². The molecule has 35 heavy (non-hydrogen) atoms. The summed E-state index contributed by atoms with van der Waals surface area (Å²) in [7, 11) is 0. The molecule has 0 radical (unpaired) electrons. The molecule has 1 amide bonds. The monoisotopic (exact) mass is 483 g/mol. The Kier molecular flexibility index (Phi) is 9.72. The fraction of sp³-hybridized carbons (Fsp3) is 0.593. The molecular weight excluding hydrogens is 442 g/mol. The van der Waals surface area contributed by atoms with Crippen molar-refractivity contribution in [1.29, 1.82) is 0 Å². The van der Waals surface area contributed by atoms with Crippen LogP contribution in [0.2, 0.25) is 0 Å². The minimum atomic E-state index is -0.326. The lowest BCUT2D eigenvalue weighted by atomic mass is 10.1. The second kappa shape index (κ2) is 12.7. The Bertz CT molecular complexity index is 965. The number of aryl methyl sites for hydroxylation is 1. The molecule has 8 nitrogen and oxygen atoms in total. The van der Waals surface area contributed by atoms with Crippen molar-refractivity contribution in [2.45, 2.75) is 54.0 Å². The molecule has 0 N–H and O–H groups in total. The quantitative estimate of drug-likeness (QED) is 0.455. The van der Waals surface area contributed by atoms with Gasteiger partial charge in [0.25, 0.3) is 0 Å². The number of hydrogen-bond acceptors (Lipinski definition) is 6. The van der Waals surface area contributed by atoms with Crippen molar-refractivity contribution >= 4 is 17.7 Å². The smallest absolute Gasteiger partial charge is 0.306 e. The van der Waals surface area contributed by atoms with Crippen LogP contribution >= 0.6 is 0 Å². The van der Waals surface area contributed by atoms with Crippen LogP contribution in [0.15, 0.2) is 30.3 Å². The van der Waals surface area contributed by atoms with Gasteiger partial charge in [0.1, 0.15) is 5.82 Å². The number of hydrogen-bond donors (Lipinski definition) is 0. The summed E-state index contributed by atoms with van der Waals surface area (Å²) in [5.74, 6) is 1.02. The summed E-state index contributed by atoms with van der Waals surface area (Å²) in [6, 6.07) is 10.2. The zero-order valence-corrected chi connectivity index (χ0v) is 22.0. The molecule has 1 aliphatic heterocycles. The van der Waals surface area contributed by atoms with Crippen molar-refractivity contribution in [1.82, 2.24) is 19.6 Å². The number of para-hydroxylation sites is 1. The van der Waals surface area contributed by atoms with Crippen LogP contribution in [-0.2, 0) is 20.9 Å². The Morgan fingerprint density at radius 2 is 1.74 bits per heavy atom. The van der Waals surface area contributed by atoms with Crippen LogP contribution in [0.3, 0.4) is 0 Å². The number of nitrogens with zero attached hydrogens (tertiary/aromatic N) is 5. The van der Waals surface area contributed by atoms with Gasteiger partial charge in [0, 0.05) is 44.7 Å². The number of anilines is 1. The standard InChI is InChI=1S/C27H41N5O3/c1-6-29-15-17-30(18-16-29)27-24(22(5)28-32(27)23-11-9-8-10-12-23)20-31(19-21(3)4)25(33)13-14-26(34)35-7-2/h8-12,21H,6-7,13-20H2,1-5H3. The number of carbonyl (C=O) groups is 2. The van der Waals surface area contributed by atoms with Gasteiger partial charge >= 0.3 is 5.97 Å². The third kappa shape index (κ3) is 7.07. The molecule has 1 saturated heterocycles. The van der Waals surface area contributed by atoms with Gasteiger partial charge in [0.2, 0.25) is 5.91 Å². The third-order valence-corrected chi connectivity index (χ3v) is 6.41. The van der Waals surface area contributed by atoms with Crippen molar-refractivity contribution in [3.8, 4) is 5.69 Å². The van der Waals surface area contributed by atoms with Crippen molar-refractivity contribution in [2.24, 2.45) is 5.92 Å². The number of rotatable bonds is 11. The van der Waals surface area contributed by atoms with Gasteiger partial charge in [0.15, 0.2) is 0 Å². The maximum absolute atomic E-state index is 13.2. The lowest BCUT2D eigenvalue weighted by Crippen LogP contribution is -2.47. The molecule has 8 heteroatoms. The van der Waals surface area contributed by atoms with Gasteiger partial charge in [-0.3, -0.25) is 9.59 Å². The van der Waals surface area contributed by atoms with Crippen molar-refractivity contribution in [3.05, 3.63) is 41.6 Å². The number of esters is 1. The highest BCUT2D eigenvalue weighted by Gasteiger charge is 2.28. The summed E-state index contributed by atoms with van der Waals surface area (Å²) >= 11 is 0. The fourth-order valence-electron chi connectivity index (χ4n) is 4.57. The van der Waals surface area contributed by atoms with Gasteiger partial charge in [-0.25, -0.2) is 4.68 Å². The number of piperazine rings is 1. The first-order valence-corrected chi connectivity index (χ1v) is 12.9. The van der Waals surface area contributed by atoms with Gasteiger partial charge in [-0.1, -0.05) is 39.0 Å². The summed E-state index contributed by atoms with van der Waals surface area (Å²) in [5, 5.41) is 4.93. The molecule has 0 unspecified atom stereocenters. The Labute approximate surface area is 209 Å². The van der Waals surface area contributed by atoms with Crippen molar-refractivity contribution < 1.29 is 14.3 Å². The third-order valence-electron chi connectivity index (χ3n) is 6.41. The van der Waals surface area contributed by atoms with E-state index >= 15 is 0 Å². The minimum absolute atomic E-state index is 0.0274. The molecule has 1 aliphatic rings. The zero-order valence-electron chi connectivity index (χ0n) is 22.0. The van der Waals surface area contributed by atoms with Crippen LogP contribution in [-0.4, -0.2) is 77.3 Å². The summed E-state index contributed by atoms with van der Waals surface area (Å²) in [6.45, 7) is 16.5.